The Morgan fingerprint density at radius 1 is 0.972 bits per heavy atom. The summed E-state index contributed by atoms with van der Waals surface area (Å²) in [6, 6.07) is 25.4. The first kappa shape index (κ1) is 27.5. The quantitative estimate of drug-likeness (QED) is 0.334. The first-order valence-electron chi connectivity index (χ1n) is 11.5. The van der Waals surface area contributed by atoms with Gasteiger partial charge in [0, 0.05) is 6.04 Å². The predicted octanol–water partition coefficient (Wildman–Crippen LogP) is 4.95. The highest BCUT2D eigenvalue weighted by Gasteiger charge is 2.25. The van der Waals surface area contributed by atoms with Gasteiger partial charge in [0.05, 0.1) is 34.3 Å². The number of benzene rings is 3. The van der Waals surface area contributed by atoms with Gasteiger partial charge in [-0.3, -0.25) is 0 Å². The zero-order valence-corrected chi connectivity index (χ0v) is 22.8. The van der Waals surface area contributed by atoms with Crippen molar-refractivity contribution < 1.29 is 17.4 Å². The van der Waals surface area contributed by atoms with E-state index in [4.69, 9.17) is 4.74 Å². The molecule has 0 saturated heterocycles. The topological polar surface area (TPSA) is 75.7 Å². The van der Waals surface area contributed by atoms with Crippen LogP contribution in [-0.2, 0) is 27.6 Å². The van der Waals surface area contributed by atoms with Crippen molar-refractivity contribution in [2.24, 2.45) is 0 Å². The molecule has 6 nitrogen and oxygen atoms in total. The average molecular weight is 525 g/mol. The molecule has 36 heavy (non-hydrogen) atoms. The number of hydrogen-bond donors (Lipinski definition) is 1. The number of aryl methyl sites for hydroxylation is 1. The van der Waals surface area contributed by atoms with Gasteiger partial charge in [0.1, 0.15) is 11.8 Å². The van der Waals surface area contributed by atoms with Crippen LogP contribution in [0.4, 0.5) is 0 Å². The Hall–Kier alpha value is -3.12. The van der Waals surface area contributed by atoms with Gasteiger partial charge in [-0.25, -0.2) is 21.7 Å². The highest BCUT2D eigenvalue weighted by Crippen LogP contribution is 2.22. The smallest absolute Gasteiger partial charge is 0.271 e. The van der Waals surface area contributed by atoms with E-state index in [2.05, 4.69) is 16.7 Å². The minimum atomic E-state index is -3.93. The summed E-state index contributed by atoms with van der Waals surface area (Å²) in [6.45, 7) is 7.55. The van der Waals surface area contributed by atoms with Crippen LogP contribution in [0.3, 0.4) is 0 Å². The molecule has 0 bridgehead atoms. The van der Waals surface area contributed by atoms with Gasteiger partial charge in [-0.15, -0.1) is 0 Å². The predicted molar refractivity (Wildman–Crippen MR) is 145 cm³/mol. The van der Waals surface area contributed by atoms with Crippen LogP contribution in [0.5, 0.6) is 5.75 Å². The normalized spacial score (nSPS) is 13.2. The standard InChI is InChI=1S/C28H32N2O4S2/c1-22-11-17-26(18-12-22)36(32,33)30(21-23-9-7-6-8-10-23)20-19-27(29-35(31)28(2,3)4)24-13-15-25(34-5)16-14-24/h6-18,27,29H,21H2,1-5H3/t27-,35?/m0/s1. The molecule has 1 N–H and O–H groups in total. The minimum Gasteiger partial charge on any atom is -0.497 e. The highest BCUT2D eigenvalue weighted by molar-refractivity contribution is 7.89. The van der Waals surface area contributed by atoms with Crippen LogP contribution in [0.1, 0.15) is 43.5 Å². The second-order valence-electron chi connectivity index (χ2n) is 9.27. The van der Waals surface area contributed by atoms with Gasteiger partial charge in [-0.2, -0.15) is 0 Å². The van der Waals surface area contributed by atoms with E-state index in [0.717, 1.165) is 21.0 Å². The Morgan fingerprint density at radius 3 is 2.14 bits per heavy atom. The second-order valence-corrected chi connectivity index (χ2v) is 13.1. The molecule has 0 aliphatic heterocycles. The number of rotatable bonds is 8. The molecule has 0 heterocycles. The van der Waals surface area contributed by atoms with E-state index in [1.807, 2.05) is 70.2 Å². The highest BCUT2D eigenvalue weighted by atomic mass is 32.2. The largest absolute Gasteiger partial charge is 0.497 e. The van der Waals surface area contributed by atoms with Crippen LogP contribution < -0.4 is 9.46 Å². The molecule has 0 radical (unpaired) electrons. The molecule has 0 amide bonds. The maximum absolute atomic E-state index is 13.6. The molecule has 0 spiro atoms. The van der Waals surface area contributed by atoms with E-state index in [1.54, 1.807) is 43.5 Å². The van der Waals surface area contributed by atoms with Gasteiger partial charge in [-0.05, 0) is 63.1 Å². The minimum absolute atomic E-state index is 0.0712. The van der Waals surface area contributed by atoms with Crippen LogP contribution in [0.15, 0.2) is 83.8 Å². The molecule has 3 rings (SSSR count). The molecule has 0 saturated carbocycles. The Kier molecular flexibility index (Phi) is 8.96. The van der Waals surface area contributed by atoms with Crippen LogP contribution in [-0.4, -0.2) is 28.8 Å². The van der Waals surface area contributed by atoms with E-state index in [-0.39, 0.29) is 11.4 Å². The van der Waals surface area contributed by atoms with Crippen molar-refractivity contribution in [1.29, 1.82) is 0 Å². The summed E-state index contributed by atoms with van der Waals surface area (Å²) < 4.78 is 49.0. The number of nitrogens with one attached hydrogen (secondary N) is 1. The maximum atomic E-state index is 13.6. The Bertz CT molecular complexity index is 1340. The van der Waals surface area contributed by atoms with E-state index < -0.39 is 31.8 Å². The van der Waals surface area contributed by atoms with Gasteiger partial charge in [0.25, 0.3) is 10.0 Å². The van der Waals surface area contributed by atoms with E-state index in [9.17, 15) is 12.6 Å². The van der Waals surface area contributed by atoms with Crippen molar-refractivity contribution in [1.82, 2.24) is 9.03 Å². The third-order valence-electron chi connectivity index (χ3n) is 5.34. The van der Waals surface area contributed by atoms with Gasteiger partial charge in [0.15, 0.2) is 0 Å². The fourth-order valence-electron chi connectivity index (χ4n) is 3.17. The van der Waals surface area contributed by atoms with E-state index >= 15 is 0 Å². The van der Waals surface area contributed by atoms with Crippen LogP contribution in [0, 0.1) is 18.9 Å². The van der Waals surface area contributed by atoms with Gasteiger partial charge in [-0.1, -0.05) is 66.1 Å². The SMILES string of the molecule is COc1ccc([C@H](C#CN(Cc2ccccc2)S(=O)(=O)c2ccc(C)cc2)NS(=O)C(C)(C)C)cc1. The number of nitrogens with zero attached hydrogens (tertiary/aromatic N) is 1. The number of hydrogen-bond acceptors (Lipinski definition) is 4. The molecule has 0 aliphatic rings. The summed E-state index contributed by atoms with van der Waals surface area (Å²) in [5.74, 6) is 3.71. The Morgan fingerprint density at radius 2 is 1.58 bits per heavy atom. The Labute approximate surface area is 217 Å². The summed E-state index contributed by atoms with van der Waals surface area (Å²) >= 11 is 0. The fourth-order valence-corrected chi connectivity index (χ4v) is 5.16. The molecule has 190 valence electrons. The summed E-state index contributed by atoms with van der Waals surface area (Å²) in [5.41, 5.74) is 2.51. The molecular formula is C28H32N2O4S2. The summed E-state index contributed by atoms with van der Waals surface area (Å²) in [7, 11) is -3.78. The molecule has 0 aromatic heterocycles. The van der Waals surface area contributed by atoms with Crippen molar-refractivity contribution in [3.63, 3.8) is 0 Å². The van der Waals surface area contributed by atoms with Crippen molar-refractivity contribution in [3.8, 4) is 17.7 Å². The lowest BCUT2D eigenvalue weighted by Gasteiger charge is -2.22. The van der Waals surface area contributed by atoms with E-state index in [1.165, 1.54) is 0 Å². The van der Waals surface area contributed by atoms with Crippen molar-refractivity contribution in [2.75, 3.05) is 7.11 Å². The average Bonchev–Trinajstić information content (AvgIpc) is 2.85. The van der Waals surface area contributed by atoms with Crippen molar-refractivity contribution in [2.45, 2.75) is 49.9 Å². The molecule has 2 atom stereocenters. The molecule has 8 heteroatoms. The molecule has 1 unspecified atom stereocenters. The van der Waals surface area contributed by atoms with Crippen LogP contribution in [0.2, 0.25) is 0 Å². The lowest BCUT2D eigenvalue weighted by Crippen LogP contribution is -2.35. The van der Waals surface area contributed by atoms with Crippen LogP contribution in [0.25, 0.3) is 0 Å². The second kappa shape index (κ2) is 11.7. The zero-order chi connectivity index (χ0) is 26.3. The van der Waals surface area contributed by atoms with Crippen molar-refractivity contribution in [3.05, 3.63) is 95.6 Å². The monoisotopic (exact) mass is 524 g/mol. The van der Waals surface area contributed by atoms with Crippen molar-refractivity contribution >= 4 is 21.0 Å². The Balaban J connectivity index is 2.05. The number of ether oxygens (including phenoxy) is 1. The molecule has 3 aromatic rings. The van der Waals surface area contributed by atoms with Gasteiger partial charge in [0.2, 0.25) is 0 Å². The first-order valence-corrected chi connectivity index (χ1v) is 14.1. The third kappa shape index (κ3) is 7.20. The molecular weight excluding hydrogens is 492 g/mol. The molecule has 3 aromatic carbocycles. The number of methoxy groups -OCH3 is 1. The first-order chi connectivity index (χ1) is 17.0. The summed E-state index contributed by atoms with van der Waals surface area (Å²) in [5, 5.41) is 0. The third-order valence-corrected chi connectivity index (χ3v) is 8.57. The van der Waals surface area contributed by atoms with Crippen LogP contribution >= 0.6 is 0 Å². The zero-order valence-electron chi connectivity index (χ0n) is 21.2. The van der Waals surface area contributed by atoms with Gasteiger partial charge >= 0.3 is 0 Å². The lowest BCUT2D eigenvalue weighted by molar-refractivity contribution is 0.414. The summed E-state index contributed by atoms with van der Waals surface area (Å²) in [6.07, 6.45) is 0. The van der Waals surface area contributed by atoms with E-state index in [0.29, 0.717) is 5.75 Å². The maximum Gasteiger partial charge on any atom is 0.271 e. The summed E-state index contributed by atoms with van der Waals surface area (Å²) in [4.78, 5) is 0.158. The fraction of sp³-hybridized carbons (Fsp3) is 0.286. The number of sulfonamides is 1. The molecule has 0 aliphatic carbocycles. The lowest BCUT2D eigenvalue weighted by atomic mass is 10.1. The van der Waals surface area contributed by atoms with Gasteiger partial charge < -0.3 is 4.74 Å². The molecule has 0 fully saturated rings.